The number of carbonyl (C=O) groups excluding carboxylic acids is 1. The molecule has 1 amide bonds. The number of hydrogen-bond donors (Lipinski definition) is 2. The maximum Gasteiger partial charge on any atom is 0.253 e. The smallest absolute Gasteiger partial charge is 0.253 e. The number of amides is 1. The van der Waals surface area contributed by atoms with Gasteiger partial charge in [-0.05, 0) is 31.0 Å². The Balaban J connectivity index is 1.99. The van der Waals surface area contributed by atoms with Gasteiger partial charge in [-0.15, -0.1) is 0 Å². The first-order valence-corrected chi connectivity index (χ1v) is 5.74. The van der Waals surface area contributed by atoms with E-state index in [0.29, 0.717) is 11.6 Å². The van der Waals surface area contributed by atoms with Crippen molar-refractivity contribution in [3.8, 4) is 5.75 Å². The molecule has 1 fully saturated rings. The van der Waals surface area contributed by atoms with Crippen LogP contribution in [-0.2, 0) is 0 Å². The lowest BCUT2D eigenvalue weighted by Crippen LogP contribution is -2.25. The van der Waals surface area contributed by atoms with Crippen LogP contribution in [0.15, 0.2) is 24.4 Å². The van der Waals surface area contributed by atoms with Crippen molar-refractivity contribution in [2.24, 2.45) is 0 Å². The summed E-state index contributed by atoms with van der Waals surface area (Å²) in [5.74, 6) is 0.754. The minimum Gasteiger partial charge on any atom is -0.497 e. The van der Waals surface area contributed by atoms with Gasteiger partial charge in [0.05, 0.1) is 12.7 Å². The zero-order valence-electron chi connectivity index (χ0n) is 9.62. The van der Waals surface area contributed by atoms with Crippen molar-refractivity contribution >= 4 is 16.8 Å². The molecule has 2 aromatic rings. The molecular formula is C13H14N2O2. The second kappa shape index (κ2) is 3.80. The van der Waals surface area contributed by atoms with Gasteiger partial charge >= 0.3 is 0 Å². The summed E-state index contributed by atoms with van der Waals surface area (Å²) in [4.78, 5) is 15.1. The molecule has 1 heterocycles. The maximum atomic E-state index is 12.0. The molecule has 0 saturated heterocycles. The van der Waals surface area contributed by atoms with Gasteiger partial charge in [0.1, 0.15) is 5.75 Å². The highest BCUT2D eigenvalue weighted by Gasteiger charge is 2.24. The van der Waals surface area contributed by atoms with Crippen LogP contribution in [0.4, 0.5) is 0 Å². The number of benzene rings is 1. The molecule has 0 aliphatic heterocycles. The Labute approximate surface area is 99.0 Å². The minimum absolute atomic E-state index is 0.00740. The van der Waals surface area contributed by atoms with Gasteiger partial charge in [0.15, 0.2) is 0 Å². The highest BCUT2D eigenvalue weighted by molar-refractivity contribution is 6.07. The fourth-order valence-electron chi connectivity index (χ4n) is 1.91. The molecule has 1 aromatic carbocycles. The predicted molar refractivity (Wildman–Crippen MR) is 65.3 cm³/mol. The van der Waals surface area contributed by atoms with Gasteiger partial charge in [-0.2, -0.15) is 0 Å². The number of fused-ring (bicyclic) bond motifs is 1. The quantitative estimate of drug-likeness (QED) is 0.848. The first-order chi connectivity index (χ1) is 8.28. The summed E-state index contributed by atoms with van der Waals surface area (Å²) in [6.07, 6.45) is 3.94. The first kappa shape index (κ1) is 10.2. The zero-order valence-corrected chi connectivity index (χ0v) is 9.62. The fourth-order valence-corrected chi connectivity index (χ4v) is 1.91. The number of hydrogen-bond acceptors (Lipinski definition) is 2. The van der Waals surface area contributed by atoms with E-state index in [0.717, 1.165) is 29.5 Å². The molecule has 17 heavy (non-hydrogen) atoms. The molecule has 1 saturated carbocycles. The van der Waals surface area contributed by atoms with Crippen LogP contribution in [0.2, 0.25) is 0 Å². The van der Waals surface area contributed by atoms with E-state index in [-0.39, 0.29) is 5.91 Å². The van der Waals surface area contributed by atoms with Gasteiger partial charge in [-0.3, -0.25) is 4.79 Å². The van der Waals surface area contributed by atoms with Crippen molar-refractivity contribution in [1.82, 2.24) is 10.3 Å². The Hall–Kier alpha value is -1.97. The molecule has 4 nitrogen and oxygen atoms in total. The van der Waals surface area contributed by atoms with Gasteiger partial charge in [0.25, 0.3) is 5.91 Å². The average molecular weight is 230 g/mol. The average Bonchev–Trinajstić information content (AvgIpc) is 3.05. The van der Waals surface area contributed by atoms with E-state index in [4.69, 9.17) is 4.74 Å². The van der Waals surface area contributed by atoms with Crippen molar-refractivity contribution < 1.29 is 9.53 Å². The molecule has 2 N–H and O–H groups in total. The van der Waals surface area contributed by atoms with Gasteiger partial charge in [-0.25, -0.2) is 0 Å². The topological polar surface area (TPSA) is 54.1 Å². The summed E-state index contributed by atoms with van der Waals surface area (Å²) >= 11 is 0. The van der Waals surface area contributed by atoms with Crippen molar-refractivity contribution in [1.29, 1.82) is 0 Å². The second-order valence-corrected chi connectivity index (χ2v) is 4.36. The third kappa shape index (κ3) is 1.86. The Morgan fingerprint density at radius 1 is 1.47 bits per heavy atom. The fraction of sp³-hybridized carbons (Fsp3) is 0.308. The molecule has 0 unspecified atom stereocenters. The highest BCUT2D eigenvalue weighted by Crippen LogP contribution is 2.25. The Kier molecular flexibility index (Phi) is 2.28. The molecule has 88 valence electrons. The van der Waals surface area contributed by atoms with Gasteiger partial charge in [0.2, 0.25) is 0 Å². The lowest BCUT2D eigenvalue weighted by atomic mass is 10.1. The van der Waals surface area contributed by atoms with Gasteiger partial charge < -0.3 is 15.0 Å². The standard InChI is InChI=1S/C13H14N2O2/c1-17-9-4-5-12-10(6-9)11(7-14-12)13(16)15-8-2-3-8/h4-8,14H,2-3H2,1H3,(H,15,16). The van der Waals surface area contributed by atoms with Crippen LogP contribution in [-0.4, -0.2) is 24.0 Å². The van der Waals surface area contributed by atoms with Crippen molar-refractivity contribution in [2.45, 2.75) is 18.9 Å². The Morgan fingerprint density at radius 3 is 3.00 bits per heavy atom. The molecule has 0 radical (unpaired) electrons. The molecule has 0 bridgehead atoms. The van der Waals surface area contributed by atoms with Crippen LogP contribution in [0.25, 0.3) is 10.9 Å². The SMILES string of the molecule is COc1ccc2[nH]cc(C(=O)NC3CC3)c2c1. The van der Waals surface area contributed by atoms with Crippen molar-refractivity contribution in [2.75, 3.05) is 7.11 Å². The number of aromatic nitrogens is 1. The predicted octanol–water partition coefficient (Wildman–Crippen LogP) is 2.07. The number of methoxy groups -OCH3 is 1. The Morgan fingerprint density at radius 2 is 2.29 bits per heavy atom. The summed E-state index contributed by atoms with van der Waals surface area (Å²) in [5, 5.41) is 3.89. The van der Waals surface area contributed by atoms with E-state index >= 15 is 0 Å². The lowest BCUT2D eigenvalue weighted by Gasteiger charge is -2.03. The van der Waals surface area contributed by atoms with E-state index in [1.807, 2.05) is 18.2 Å². The number of H-pyrrole nitrogens is 1. The molecular weight excluding hydrogens is 216 g/mol. The molecule has 1 aliphatic carbocycles. The molecule has 1 aliphatic rings. The summed E-state index contributed by atoms with van der Waals surface area (Å²) in [5.41, 5.74) is 1.64. The van der Waals surface area contributed by atoms with E-state index < -0.39 is 0 Å². The normalized spacial score (nSPS) is 14.9. The number of rotatable bonds is 3. The molecule has 1 aromatic heterocycles. The van der Waals surface area contributed by atoms with Crippen LogP contribution in [0.1, 0.15) is 23.2 Å². The van der Waals surface area contributed by atoms with Gasteiger partial charge in [0, 0.05) is 23.1 Å². The minimum atomic E-state index is -0.00740. The van der Waals surface area contributed by atoms with Crippen LogP contribution in [0.5, 0.6) is 5.75 Å². The molecule has 4 heteroatoms. The second-order valence-electron chi connectivity index (χ2n) is 4.36. The largest absolute Gasteiger partial charge is 0.497 e. The summed E-state index contributed by atoms with van der Waals surface area (Å²) < 4.78 is 5.17. The highest BCUT2D eigenvalue weighted by atomic mass is 16.5. The van der Waals surface area contributed by atoms with Crippen LogP contribution in [0, 0.1) is 0 Å². The number of aromatic amines is 1. The molecule has 0 spiro atoms. The van der Waals surface area contributed by atoms with E-state index in [2.05, 4.69) is 10.3 Å². The van der Waals surface area contributed by atoms with Gasteiger partial charge in [-0.1, -0.05) is 0 Å². The lowest BCUT2D eigenvalue weighted by molar-refractivity contribution is 0.0953. The number of nitrogens with one attached hydrogen (secondary N) is 2. The van der Waals surface area contributed by atoms with E-state index in [1.165, 1.54) is 0 Å². The Bertz CT molecular complexity index is 570. The van der Waals surface area contributed by atoms with Crippen LogP contribution < -0.4 is 10.1 Å². The van der Waals surface area contributed by atoms with Crippen molar-refractivity contribution in [3.05, 3.63) is 30.0 Å². The zero-order chi connectivity index (χ0) is 11.8. The summed E-state index contributed by atoms with van der Waals surface area (Å²) in [6.45, 7) is 0. The number of ether oxygens (including phenoxy) is 1. The van der Waals surface area contributed by atoms with Crippen LogP contribution in [0.3, 0.4) is 0 Å². The monoisotopic (exact) mass is 230 g/mol. The summed E-state index contributed by atoms with van der Waals surface area (Å²) in [7, 11) is 1.62. The van der Waals surface area contributed by atoms with E-state index in [1.54, 1.807) is 13.3 Å². The molecule has 3 rings (SSSR count). The number of carbonyl (C=O) groups is 1. The third-order valence-electron chi connectivity index (χ3n) is 3.05. The molecule has 0 atom stereocenters. The third-order valence-corrected chi connectivity index (χ3v) is 3.05. The van der Waals surface area contributed by atoms with Crippen LogP contribution >= 0.6 is 0 Å². The van der Waals surface area contributed by atoms with E-state index in [9.17, 15) is 4.79 Å². The first-order valence-electron chi connectivity index (χ1n) is 5.74. The summed E-state index contributed by atoms with van der Waals surface area (Å²) in [6, 6.07) is 6.05. The maximum absolute atomic E-state index is 12.0. The van der Waals surface area contributed by atoms with Crippen molar-refractivity contribution in [3.63, 3.8) is 0 Å².